The number of carboxylic acids is 1. The Morgan fingerprint density at radius 2 is 1.96 bits per heavy atom. The Bertz CT molecular complexity index is 1140. The first kappa shape index (κ1) is 18.8. The maximum atomic E-state index is 12.9. The molecule has 2 heterocycles. The van der Waals surface area contributed by atoms with E-state index in [-0.39, 0.29) is 10.1 Å². The summed E-state index contributed by atoms with van der Waals surface area (Å²) in [6, 6.07) is 12.0. The molecule has 3 aromatic rings. The van der Waals surface area contributed by atoms with Crippen molar-refractivity contribution < 1.29 is 22.8 Å². The third kappa shape index (κ3) is 2.93. The van der Waals surface area contributed by atoms with Crippen molar-refractivity contribution in [2.75, 3.05) is 0 Å². The zero-order valence-corrected chi connectivity index (χ0v) is 16.6. The van der Waals surface area contributed by atoms with E-state index in [0.717, 1.165) is 16.9 Å². The van der Waals surface area contributed by atoms with Gasteiger partial charge >= 0.3 is 5.97 Å². The average molecular weight is 419 g/mol. The van der Waals surface area contributed by atoms with Crippen molar-refractivity contribution in [3.05, 3.63) is 53.9 Å². The summed E-state index contributed by atoms with van der Waals surface area (Å²) < 4.78 is 33.2. The number of sulfonamides is 1. The van der Waals surface area contributed by atoms with E-state index in [9.17, 15) is 18.3 Å². The topological polar surface area (TPSA) is 122 Å². The third-order valence-corrected chi connectivity index (χ3v) is 8.07. The lowest BCUT2D eigenvalue weighted by atomic mass is 10.1. The molecule has 1 fully saturated rings. The lowest BCUT2D eigenvalue weighted by Crippen LogP contribution is -2.45. The minimum absolute atomic E-state index is 0.00325. The zero-order valence-electron chi connectivity index (χ0n) is 15.0. The fourth-order valence-corrected chi connectivity index (χ4v) is 6.25. The van der Waals surface area contributed by atoms with E-state index in [0.29, 0.717) is 16.6 Å². The zero-order chi connectivity index (χ0) is 20.1. The molecule has 1 aromatic carbocycles. The summed E-state index contributed by atoms with van der Waals surface area (Å²) in [4.78, 5) is 16.7. The predicted molar refractivity (Wildman–Crippen MR) is 101 cm³/mol. The van der Waals surface area contributed by atoms with Crippen LogP contribution in [0.5, 0.6) is 0 Å². The molecule has 1 saturated carbocycles. The molecule has 10 heteroatoms. The van der Waals surface area contributed by atoms with Crippen LogP contribution in [-0.2, 0) is 14.8 Å². The lowest BCUT2D eigenvalue weighted by Gasteiger charge is -2.15. The van der Waals surface area contributed by atoms with Crippen molar-refractivity contribution in [1.29, 1.82) is 0 Å². The summed E-state index contributed by atoms with van der Waals surface area (Å²) in [5, 5.41) is 13.6. The fourth-order valence-electron chi connectivity index (χ4n) is 3.56. The molecule has 2 aromatic heterocycles. The standard InChI is InChI=1S/C18H17N3O5S2/c1-10-15(12-6-4-3-5-7-12)18(10,17(22)23)21-28(24,25)14-9-8-13(27-14)16-19-11(2)26-20-16/h3-10,15,21H,1-2H3,(H,22,23)/t10?,15-,18-/m0/s1. The van der Waals surface area contributed by atoms with Crippen molar-refractivity contribution in [2.24, 2.45) is 5.92 Å². The van der Waals surface area contributed by atoms with Crippen LogP contribution < -0.4 is 4.72 Å². The number of aromatic nitrogens is 2. The minimum Gasteiger partial charge on any atom is -0.480 e. The lowest BCUT2D eigenvalue weighted by molar-refractivity contribution is -0.140. The molecule has 0 saturated heterocycles. The molecular formula is C18H17N3O5S2. The number of nitrogens with one attached hydrogen (secondary N) is 1. The van der Waals surface area contributed by atoms with Gasteiger partial charge in [0.15, 0.2) is 0 Å². The monoisotopic (exact) mass is 419 g/mol. The van der Waals surface area contributed by atoms with Gasteiger partial charge in [-0.05, 0) is 23.6 Å². The van der Waals surface area contributed by atoms with Gasteiger partial charge in [-0.2, -0.15) is 9.71 Å². The van der Waals surface area contributed by atoms with Gasteiger partial charge < -0.3 is 9.63 Å². The Hall–Kier alpha value is -2.56. The predicted octanol–water partition coefficient (Wildman–Crippen LogP) is 2.64. The highest BCUT2D eigenvalue weighted by Crippen LogP contribution is 2.58. The molecule has 3 atom stereocenters. The highest BCUT2D eigenvalue weighted by molar-refractivity contribution is 7.91. The molecule has 0 amide bonds. The Morgan fingerprint density at radius 1 is 1.25 bits per heavy atom. The third-order valence-electron chi connectivity index (χ3n) is 5.01. The number of carbonyl (C=O) groups is 1. The van der Waals surface area contributed by atoms with E-state index in [2.05, 4.69) is 14.9 Å². The van der Waals surface area contributed by atoms with Gasteiger partial charge in [0.05, 0.1) is 4.88 Å². The first-order chi connectivity index (χ1) is 13.3. The Labute approximate surface area is 165 Å². The van der Waals surface area contributed by atoms with Crippen LogP contribution in [0, 0.1) is 12.8 Å². The van der Waals surface area contributed by atoms with E-state index in [1.165, 1.54) is 6.07 Å². The van der Waals surface area contributed by atoms with Gasteiger partial charge in [-0.25, -0.2) is 8.42 Å². The van der Waals surface area contributed by atoms with Crippen LogP contribution >= 0.6 is 11.3 Å². The number of rotatable bonds is 6. The van der Waals surface area contributed by atoms with E-state index < -0.39 is 27.4 Å². The van der Waals surface area contributed by atoms with Crippen LogP contribution in [0.15, 0.2) is 51.2 Å². The quantitative estimate of drug-likeness (QED) is 0.630. The van der Waals surface area contributed by atoms with E-state index in [1.54, 1.807) is 32.0 Å². The summed E-state index contributed by atoms with van der Waals surface area (Å²) in [5.74, 6) is -1.36. The summed E-state index contributed by atoms with van der Waals surface area (Å²) in [6.45, 7) is 3.37. The van der Waals surface area contributed by atoms with Crippen molar-refractivity contribution in [2.45, 2.75) is 29.5 Å². The molecule has 0 spiro atoms. The molecule has 1 aliphatic carbocycles. The summed E-state index contributed by atoms with van der Waals surface area (Å²) in [7, 11) is -4.05. The summed E-state index contributed by atoms with van der Waals surface area (Å²) in [6.07, 6.45) is 0. The molecule has 4 rings (SSSR count). The van der Waals surface area contributed by atoms with Crippen LogP contribution in [-0.4, -0.2) is 35.2 Å². The van der Waals surface area contributed by atoms with Crippen LogP contribution in [0.25, 0.3) is 10.7 Å². The number of hydrogen-bond acceptors (Lipinski definition) is 7. The fraction of sp³-hybridized carbons (Fsp3) is 0.278. The van der Waals surface area contributed by atoms with Gasteiger partial charge in [-0.1, -0.05) is 42.4 Å². The summed E-state index contributed by atoms with van der Waals surface area (Å²) >= 11 is 0.956. The van der Waals surface area contributed by atoms with Crippen molar-refractivity contribution >= 4 is 27.3 Å². The Morgan fingerprint density at radius 3 is 2.57 bits per heavy atom. The smallest absolute Gasteiger partial charge is 0.325 e. The molecule has 1 unspecified atom stereocenters. The van der Waals surface area contributed by atoms with E-state index in [1.807, 2.05) is 18.2 Å². The number of thiophene rings is 1. The van der Waals surface area contributed by atoms with Crippen molar-refractivity contribution in [3.63, 3.8) is 0 Å². The van der Waals surface area contributed by atoms with Gasteiger partial charge in [0.25, 0.3) is 10.0 Å². The van der Waals surface area contributed by atoms with Crippen LogP contribution in [0.2, 0.25) is 0 Å². The van der Waals surface area contributed by atoms with Crippen LogP contribution in [0.3, 0.4) is 0 Å². The van der Waals surface area contributed by atoms with E-state index >= 15 is 0 Å². The molecule has 28 heavy (non-hydrogen) atoms. The van der Waals surface area contributed by atoms with Gasteiger partial charge in [0, 0.05) is 12.8 Å². The van der Waals surface area contributed by atoms with Crippen LogP contribution in [0.1, 0.15) is 24.3 Å². The highest BCUT2D eigenvalue weighted by atomic mass is 32.2. The number of benzene rings is 1. The number of nitrogens with zero attached hydrogens (tertiary/aromatic N) is 2. The van der Waals surface area contributed by atoms with Crippen LogP contribution in [0.4, 0.5) is 0 Å². The first-order valence-electron chi connectivity index (χ1n) is 8.48. The second kappa shape index (κ2) is 6.50. The molecule has 8 nitrogen and oxygen atoms in total. The van der Waals surface area contributed by atoms with Crippen molar-refractivity contribution in [3.8, 4) is 10.7 Å². The largest absolute Gasteiger partial charge is 0.480 e. The maximum absolute atomic E-state index is 12.9. The second-order valence-electron chi connectivity index (χ2n) is 6.71. The van der Waals surface area contributed by atoms with Gasteiger partial charge in [0.1, 0.15) is 9.75 Å². The molecule has 0 bridgehead atoms. The Kier molecular flexibility index (Phi) is 4.36. The number of hydrogen-bond donors (Lipinski definition) is 2. The minimum atomic E-state index is -4.05. The molecule has 1 aliphatic rings. The number of carboxylic acid groups (broad SMARTS) is 1. The normalized spacial score (nSPS) is 24.2. The van der Waals surface area contributed by atoms with Crippen molar-refractivity contribution in [1.82, 2.24) is 14.9 Å². The van der Waals surface area contributed by atoms with E-state index in [4.69, 9.17) is 4.52 Å². The van der Waals surface area contributed by atoms with Gasteiger partial charge in [0.2, 0.25) is 11.7 Å². The number of aryl methyl sites for hydroxylation is 1. The average Bonchev–Trinajstić information content (AvgIpc) is 3.06. The maximum Gasteiger partial charge on any atom is 0.325 e. The second-order valence-corrected chi connectivity index (χ2v) is 9.71. The summed E-state index contributed by atoms with van der Waals surface area (Å²) in [5.41, 5.74) is -0.790. The molecular weight excluding hydrogens is 402 g/mol. The first-order valence-corrected chi connectivity index (χ1v) is 10.8. The molecule has 146 valence electrons. The molecule has 0 aliphatic heterocycles. The highest BCUT2D eigenvalue weighted by Gasteiger charge is 2.70. The SMILES string of the molecule is Cc1nc(-c2ccc(S(=O)(=O)N[C@@]3(C(=O)O)C(C)[C@H]3c3ccccc3)s2)no1. The van der Waals surface area contributed by atoms with Gasteiger partial charge in [-0.3, -0.25) is 4.79 Å². The molecule has 0 radical (unpaired) electrons. The van der Waals surface area contributed by atoms with Gasteiger partial charge in [-0.15, -0.1) is 11.3 Å². The Balaban J connectivity index is 1.65. The number of aliphatic carboxylic acids is 1. The molecule has 2 N–H and O–H groups in total.